The molecule has 0 spiro atoms. The lowest BCUT2D eigenvalue weighted by Gasteiger charge is -2.15. The van der Waals surface area contributed by atoms with Gasteiger partial charge in [0.25, 0.3) is 11.8 Å². The summed E-state index contributed by atoms with van der Waals surface area (Å²) in [5.74, 6) is -2.05. The average molecular weight is 453 g/mol. The molecule has 0 unspecified atom stereocenters. The molecule has 172 valence electrons. The largest absolute Gasteiger partial charge is 0.465 e. The van der Waals surface area contributed by atoms with Crippen LogP contribution in [-0.4, -0.2) is 55.4 Å². The van der Waals surface area contributed by atoms with Gasteiger partial charge in [0, 0.05) is 12.2 Å². The lowest BCUT2D eigenvalue weighted by Crippen LogP contribution is -2.33. The van der Waals surface area contributed by atoms with Crippen molar-refractivity contribution >= 4 is 41.2 Å². The highest BCUT2D eigenvalue weighted by Crippen LogP contribution is 2.27. The highest BCUT2D eigenvalue weighted by atomic mass is 16.5. The minimum Gasteiger partial charge on any atom is -0.465 e. The van der Waals surface area contributed by atoms with Crippen LogP contribution in [0.4, 0.5) is 16.2 Å². The van der Waals surface area contributed by atoms with Gasteiger partial charge >= 0.3 is 18.0 Å². The van der Waals surface area contributed by atoms with Crippen molar-refractivity contribution in [2.24, 2.45) is 5.92 Å². The summed E-state index contributed by atoms with van der Waals surface area (Å²) in [4.78, 5) is 62.8. The van der Waals surface area contributed by atoms with Crippen LogP contribution >= 0.6 is 0 Å². The number of hydrogen-bond acceptors (Lipinski definition) is 7. The van der Waals surface area contributed by atoms with E-state index in [1.54, 1.807) is 0 Å². The van der Waals surface area contributed by atoms with E-state index in [4.69, 9.17) is 4.74 Å². The van der Waals surface area contributed by atoms with E-state index in [1.807, 2.05) is 13.8 Å². The molecule has 0 aromatic heterocycles. The molecule has 1 aliphatic heterocycles. The molecule has 0 bridgehead atoms. The normalized spacial score (nSPS) is 12.5. The molecular formula is C23H23N3O7. The summed E-state index contributed by atoms with van der Waals surface area (Å²) in [5, 5.41) is 5.05. The smallest absolute Gasteiger partial charge is 0.339 e. The summed E-state index contributed by atoms with van der Waals surface area (Å²) < 4.78 is 9.38. The van der Waals surface area contributed by atoms with Crippen molar-refractivity contribution in [3.05, 3.63) is 58.7 Å². The summed E-state index contributed by atoms with van der Waals surface area (Å²) in [6.07, 6.45) is 0. The van der Waals surface area contributed by atoms with E-state index in [9.17, 15) is 24.0 Å². The maximum Gasteiger partial charge on any atom is 0.339 e. The van der Waals surface area contributed by atoms with Crippen molar-refractivity contribution in [2.75, 3.05) is 31.4 Å². The van der Waals surface area contributed by atoms with Crippen LogP contribution in [0.3, 0.4) is 0 Å². The van der Waals surface area contributed by atoms with Gasteiger partial charge in [0.1, 0.15) is 0 Å². The number of anilines is 2. The number of esters is 2. The highest BCUT2D eigenvalue weighted by Gasteiger charge is 2.35. The Kier molecular flexibility index (Phi) is 6.76. The molecule has 3 rings (SSSR count). The predicted molar refractivity (Wildman–Crippen MR) is 118 cm³/mol. The zero-order chi connectivity index (χ0) is 24.3. The molecule has 0 radical (unpaired) electrons. The van der Waals surface area contributed by atoms with Gasteiger partial charge in [0.05, 0.1) is 42.2 Å². The van der Waals surface area contributed by atoms with Gasteiger partial charge in [0.2, 0.25) is 0 Å². The number of amides is 4. The fourth-order valence-corrected chi connectivity index (χ4v) is 3.36. The summed E-state index contributed by atoms with van der Waals surface area (Å²) >= 11 is 0. The van der Waals surface area contributed by atoms with Crippen molar-refractivity contribution in [1.82, 2.24) is 4.90 Å². The first-order valence-electron chi connectivity index (χ1n) is 10.0. The predicted octanol–water partition coefficient (Wildman–Crippen LogP) is 3.16. The maximum atomic E-state index is 12.6. The summed E-state index contributed by atoms with van der Waals surface area (Å²) in [6, 6.07) is 7.63. The van der Waals surface area contributed by atoms with Gasteiger partial charge in [-0.1, -0.05) is 13.8 Å². The molecule has 4 amide bonds. The second kappa shape index (κ2) is 9.51. The number of hydrogen-bond donors (Lipinski definition) is 2. The molecule has 2 aromatic carbocycles. The molecule has 0 saturated heterocycles. The standard InChI is InChI=1S/C23H23N3O7/c1-12(2)11-26-19(27)15-8-6-14(10-17(15)20(26)28)24-23(31)25-18-9-13(21(29)32-3)5-7-16(18)22(30)33-4/h5-10,12H,11H2,1-4H3,(H2,24,25,31). The van der Waals surface area contributed by atoms with Crippen LogP contribution in [-0.2, 0) is 9.47 Å². The van der Waals surface area contributed by atoms with E-state index in [1.165, 1.54) is 55.5 Å². The molecule has 10 heteroatoms. The van der Waals surface area contributed by atoms with E-state index in [2.05, 4.69) is 15.4 Å². The summed E-state index contributed by atoms with van der Waals surface area (Å²) in [5.41, 5.74) is 0.902. The Labute approximate surface area is 189 Å². The second-order valence-electron chi connectivity index (χ2n) is 7.70. The molecule has 1 aliphatic rings. The monoisotopic (exact) mass is 453 g/mol. The van der Waals surface area contributed by atoms with E-state index >= 15 is 0 Å². The highest BCUT2D eigenvalue weighted by molar-refractivity contribution is 6.22. The number of carbonyl (C=O) groups excluding carboxylic acids is 5. The number of rotatable bonds is 6. The third-order valence-corrected chi connectivity index (χ3v) is 4.87. The fourth-order valence-electron chi connectivity index (χ4n) is 3.36. The molecule has 0 aliphatic carbocycles. The van der Waals surface area contributed by atoms with Gasteiger partial charge in [-0.3, -0.25) is 14.5 Å². The molecule has 0 atom stereocenters. The molecule has 0 saturated carbocycles. The zero-order valence-corrected chi connectivity index (χ0v) is 18.6. The van der Waals surface area contributed by atoms with E-state index in [0.717, 1.165) is 0 Å². The molecule has 10 nitrogen and oxygen atoms in total. The van der Waals surface area contributed by atoms with Crippen molar-refractivity contribution < 1.29 is 33.4 Å². The number of nitrogens with one attached hydrogen (secondary N) is 2. The number of carbonyl (C=O) groups is 5. The molecule has 2 aromatic rings. The first kappa shape index (κ1) is 23.5. The molecule has 2 N–H and O–H groups in total. The van der Waals surface area contributed by atoms with Crippen molar-refractivity contribution in [1.29, 1.82) is 0 Å². The van der Waals surface area contributed by atoms with Crippen LogP contribution in [0, 0.1) is 5.92 Å². The van der Waals surface area contributed by atoms with Crippen LogP contribution in [0.25, 0.3) is 0 Å². The number of methoxy groups -OCH3 is 2. The third-order valence-electron chi connectivity index (χ3n) is 4.87. The molecule has 0 fully saturated rings. The number of nitrogens with zero attached hydrogens (tertiary/aromatic N) is 1. The quantitative estimate of drug-likeness (QED) is 0.507. The van der Waals surface area contributed by atoms with Gasteiger partial charge in [-0.05, 0) is 42.3 Å². The van der Waals surface area contributed by atoms with Gasteiger partial charge in [-0.25, -0.2) is 14.4 Å². The lowest BCUT2D eigenvalue weighted by atomic mass is 10.1. The number of ether oxygens (including phenoxy) is 2. The average Bonchev–Trinajstić information content (AvgIpc) is 3.01. The van der Waals surface area contributed by atoms with Gasteiger partial charge in [-0.15, -0.1) is 0 Å². The second-order valence-corrected chi connectivity index (χ2v) is 7.70. The number of fused-ring (bicyclic) bond motifs is 1. The Hall–Kier alpha value is -4.21. The summed E-state index contributed by atoms with van der Waals surface area (Å²) in [7, 11) is 2.39. The lowest BCUT2D eigenvalue weighted by molar-refractivity contribution is 0.0587. The minimum atomic E-state index is -0.738. The van der Waals surface area contributed by atoms with Crippen LogP contribution in [0.1, 0.15) is 55.3 Å². The van der Waals surface area contributed by atoms with Crippen LogP contribution in [0.2, 0.25) is 0 Å². The molecule has 33 heavy (non-hydrogen) atoms. The first-order valence-corrected chi connectivity index (χ1v) is 10.0. The minimum absolute atomic E-state index is 0.0257. The van der Waals surface area contributed by atoms with Crippen LogP contribution in [0.5, 0.6) is 0 Å². The van der Waals surface area contributed by atoms with E-state index in [0.29, 0.717) is 6.54 Å². The Morgan fingerprint density at radius 3 is 2.18 bits per heavy atom. The third kappa shape index (κ3) is 4.84. The van der Waals surface area contributed by atoms with Gasteiger partial charge in [0.15, 0.2) is 0 Å². The van der Waals surface area contributed by atoms with E-state index < -0.39 is 23.9 Å². The van der Waals surface area contributed by atoms with Crippen molar-refractivity contribution in [3.63, 3.8) is 0 Å². The first-order chi connectivity index (χ1) is 15.7. The van der Waals surface area contributed by atoms with Gasteiger partial charge < -0.3 is 20.1 Å². The molecular weight excluding hydrogens is 430 g/mol. The Morgan fingerprint density at radius 2 is 1.55 bits per heavy atom. The number of benzene rings is 2. The topological polar surface area (TPSA) is 131 Å². The van der Waals surface area contributed by atoms with E-state index in [-0.39, 0.29) is 45.5 Å². The van der Waals surface area contributed by atoms with Crippen LogP contribution < -0.4 is 10.6 Å². The Morgan fingerprint density at radius 1 is 0.879 bits per heavy atom. The van der Waals surface area contributed by atoms with Crippen LogP contribution in [0.15, 0.2) is 36.4 Å². The zero-order valence-electron chi connectivity index (χ0n) is 18.6. The molecule has 1 heterocycles. The Balaban J connectivity index is 1.82. The van der Waals surface area contributed by atoms with Gasteiger partial charge in [-0.2, -0.15) is 0 Å². The van der Waals surface area contributed by atoms with Crippen molar-refractivity contribution in [2.45, 2.75) is 13.8 Å². The Bertz CT molecular complexity index is 1160. The maximum absolute atomic E-state index is 12.6. The fraction of sp³-hybridized carbons (Fsp3) is 0.261. The number of imide groups is 1. The van der Waals surface area contributed by atoms with Crippen molar-refractivity contribution in [3.8, 4) is 0 Å². The summed E-state index contributed by atoms with van der Waals surface area (Å²) in [6.45, 7) is 4.10. The SMILES string of the molecule is COC(=O)c1ccc(C(=O)OC)c(NC(=O)Nc2ccc3c(c2)C(=O)N(CC(C)C)C3=O)c1. The number of urea groups is 1.